The van der Waals surface area contributed by atoms with Gasteiger partial charge >= 0.3 is 0 Å². The van der Waals surface area contributed by atoms with Gasteiger partial charge in [-0.15, -0.1) is 12.4 Å². The zero-order valence-electron chi connectivity index (χ0n) is 11.5. The lowest BCUT2D eigenvalue weighted by Gasteiger charge is -2.23. The van der Waals surface area contributed by atoms with Crippen LogP contribution in [-0.4, -0.2) is 28.2 Å². The highest BCUT2D eigenvalue weighted by molar-refractivity contribution is 6.08. The predicted octanol–water partition coefficient (Wildman–Crippen LogP) is 2.32. The topological polar surface area (TPSA) is 50.3 Å². The molecule has 2 heterocycles. The average Bonchev–Trinajstić information content (AvgIpc) is 2.69. The molecule has 2 aliphatic rings. The molecule has 2 unspecified atom stereocenters. The summed E-state index contributed by atoms with van der Waals surface area (Å²) in [6.07, 6.45) is 7.06. The lowest BCUT2D eigenvalue weighted by molar-refractivity contribution is -0.139. The summed E-state index contributed by atoms with van der Waals surface area (Å²) in [6.45, 7) is 2.63. The highest BCUT2D eigenvalue weighted by Gasteiger charge is 2.49. The first-order valence-corrected chi connectivity index (χ1v) is 7.02. The summed E-state index contributed by atoms with van der Waals surface area (Å²) in [4.78, 5) is 30.4. The second-order valence-corrected chi connectivity index (χ2v) is 5.38. The van der Waals surface area contributed by atoms with Crippen LogP contribution in [0.4, 0.5) is 0 Å². The summed E-state index contributed by atoms with van der Waals surface area (Å²) >= 11 is 0. The van der Waals surface area contributed by atoms with E-state index >= 15 is 0 Å². The van der Waals surface area contributed by atoms with Gasteiger partial charge in [0.05, 0.1) is 11.8 Å². The van der Waals surface area contributed by atoms with Crippen molar-refractivity contribution >= 4 is 24.2 Å². The first-order chi connectivity index (χ1) is 9.24. The molecular weight excluding hydrogens is 276 g/mol. The maximum Gasteiger partial charge on any atom is 0.237 e. The monoisotopic (exact) mass is 294 g/mol. The summed E-state index contributed by atoms with van der Waals surface area (Å²) in [5, 5.41) is 0. The zero-order chi connectivity index (χ0) is 13.4. The molecule has 1 aliphatic heterocycles. The fourth-order valence-corrected chi connectivity index (χ4v) is 3.22. The van der Waals surface area contributed by atoms with E-state index < -0.39 is 0 Å². The Morgan fingerprint density at radius 2 is 2.15 bits per heavy atom. The number of carbonyl (C=O) groups is 2. The first kappa shape index (κ1) is 15.0. The van der Waals surface area contributed by atoms with E-state index in [2.05, 4.69) is 11.9 Å². The van der Waals surface area contributed by atoms with Crippen LogP contribution in [0.1, 0.15) is 43.2 Å². The molecule has 5 heteroatoms. The first-order valence-electron chi connectivity index (χ1n) is 7.02. The number of amides is 2. The molecule has 0 aromatic carbocycles. The number of pyridine rings is 1. The van der Waals surface area contributed by atoms with Gasteiger partial charge in [-0.2, -0.15) is 0 Å². The molecule has 1 saturated heterocycles. The lowest BCUT2D eigenvalue weighted by Crippen LogP contribution is -2.31. The van der Waals surface area contributed by atoms with E-state index in [9.17, 15) is 9.59 Å². The van der Waals surface area contributed by atoms with E-state index in [1.807, 2.05) is 6.07 Å². The van der Waals surface area contributed by atoms with Crippen LogP contribution in [0.15, 0.2) is 18.5 Å². The second-order valence-electron chi connectivity index (χ2n) is 5.38. The molecule has 1 fully saturated rings. The number of nitrogens with zero attached hydrogens (tertiary/aromatic N) is 2. The number of halogens is 1. The molecule has 0 spiro atoms. The van der Waals surface area contributed by atoms with Crippen LogP contribution in [-0.2, 0) is 16.0 Å². The van der Waals surface area contributed by atoms with Gasteiger partial charge < -0.3 is 0 Å². The number of fused-ring (bicyclic) bond motifs is 3. The van der Waals surface area contributed by atoms with Gasteiger partial charge in [0.25, 0.3) is 0 Å². The van der Waals surface area contributed by atoms with Crippen LogP contribution in [0.5, 0.6) is 0 Å². The summed E-state index contributed by atoms with van der Waals surface area (Å²) in [5.74, 6) is -0.418. The van der Waals surface area contributed by atoms with Gasteiger partial charge in [-0.1, -0.05) is 13.3 Å². The highest BCUT2D eigenvalue weighted by Crippen LogP contribution is 2.42. The minimum atomic E-state index is -0.276. The number of carbonyl (C=O) groups excluding carboxylic acids is 2. The Balaban J connectivity index is 0.00000147. The molecule has 3 rings (SSSR count). The van der Waals surface area contributed by atoms with E-state index in [0.29, 0.717) is 6.54 Å². The van der Waals surface area contributed by atoms with Crippen LogP contribution in [0.25, 0.3) is 0 Å². The summed E-state index contributed by atoms with van der Waals surface area (Å²) in [5.41, 5.74) is 2.14. The van der Waals surface area contributed by atoms with Crippen molar-refractivity contribution in [1.82, 2.24) is 9.88 Å². The third kappa shape index (κ3) is 2.22. The van der Waals surface area contributed by atoms with Crippen molar-refractivity contribution < 1.29 is 9.59 Å². The molecule has 0 saturated carbocycles. The number of hydrogen-bond donors (Lipinski definition) is 0. The standard InChI is InChI=1S/C15H18N2O2.ClH/c1-2-3-8-17-14(18)11-5-4-10-6-7-16-9-12(10)13(11)15(17)19;/h6-7,9,11,13H,2-5,8H2,1H3;1H. The van der Waals surface area contributed by atoms with Crippen LogP contribution in [0, 0.1) is 5.92 Å². The number of unbranched alkanes of at least 4 members (excludes halogenated alkanes) is 1. The Morgan fingerprint density at radius 1 is 1.35 bits per heavy atom. The van der Waals surface area contributed by atoms with Crippen LogP contribution in [0.3, 0.4) is 0 Å². The van der Waals surface area contributed by atoms with E-state index in [4.69, 9.17) is 0 Å². The number of rotatable bonds is 3. The van der Waals surface area contributed by atoms with Crippen molar-refractivity contribution in [2.45, 2.75) is 38.5 Å². The Bertz CT molecular complexity index is 532. The molecule has 2 amide bonds. The lowest BCUT2D eigenvalue weighted by atomic mass is 9.77. The summed E-state index contributed by atoms with van der Waals surface area (Å²) in [7, 11) is 0. The van der Waals surface area contributed by atoms with Crippen molar-refractivity contribution in [3.63, 3.8) is 0 Å². The van der Waals surface area contributed by atoms with Gasteiger partial charge in [0.1, 0.15) is 0 Å². The highest BCUT2D eigenvalue weighted by atomic mass is 35.5. The fraction of sp³-hybridized carbons (Fsp3) is 0.533. The summed E-state index contributed by atoms with van der Waals surface area (Å²) < 4.78 is 0. The molecule has 1 aromatic heterocycles. The maximum absolute atomic E-state index is 12.5. The summed E-state index contributed by atoms with van der Waals surface area (Å²) in [6, 6.07) is 1.97. The van der Waals surface area contributed by atoms with Gasteiger partial charge in [0, 0.05) is 18.9 Å². The molecule has 1 aliphatic carbocycles. The molecule has 2 atom stereocenters. The maximum atomic E-state index is 12.5. The van der Waals surface area contributed by atoms with Gasteiger partial charge in [-0.3, -0.25) is 19.5 Å². The second kappa shape index (κ2) is 5.92. The van der Waals surface area contributed by atoms with Gasteiger partial charge in [0.15, 0.2) is 0 Å². The Kier molecular flexibility index (Phi) is 4.43. The Morgan fingerprint density at radius 3 is 2.90 bits per heavy atom. The number of likely N-dealkylation sites (tertiary alicyclic amines) is 1. The van der Waals surface area contributed by atoms with Crippen molar-refractivity contribution in [1.29, 1.82) is 0 Å². The Hall–Kier alpha value is -1.42. The molecule has 1 aromatic rings. The molecule has 20 heavy (non-hydrogen) atoms. The SMILES string of the molecule is CCCCN1C(=O)C2CCc3ccncc3C2C1=O.Cl. The van der Waals surface area contributed by atoms with Crippen molar-refractivity contribution in [2.24, 2.45) is 5.92 Å². The normalized spacial score (nSPS) is 24.1. The van der Waals surface area contributed by atoms with Crippen molar-refractivity contribution in [2.75, 3.05) is 6.54 Å². The van der Waals surface area contributed by atoms with Crippen molar-refractivity contribution in [3.8, 4) is 0 Å². The molecule has 0 N–H and O–H groups in total. The van der Waals surface area contributed by atoms with Gasteiger partial charge in [0.2, 0.25) is 11.8 Å². The average molecular weight is 295 g/mol. The fourth-order valence-electron chi connectivity index (χ4n) is 3.22. The largest absolute Gasteiger partial charge is 0.282 e. The van der Waals surface area contributed by atoms with Crippen molar-refractivity contribution in [3.05, 3.63) is 29.6 Å². The number of aromatic nitrogens is 1. The molecule has 108 valence electrons. The third-order valence-corrected chi connectivity index (χ3v) is 4.26. The number of imide groups is 1. The van der Waals surface area contributed by atoms with Crippen LogP contribution >= 0.6 is 12.4 Å². The smallest absolute Gasteiger partial charge is 0.237 e. The van der Waals surface area contributed by atoms with E-state index in [-0.39, 0.29) is 36.1 Å². The van der Waals surface area contributed by atoms with E-state index in [1.165, 1.54) is 10.5 Å². The van der Waals surface area contributed by atoms with Crippen LogP contribution in [0.2, 0.25) is 0 Å². The van der Waals surface area contributed by atoms with E-state index in [1.54, 1.807) is 12.4 Å². The molecular formula is C15H19ClN2O2. The quantitative estimate of drug-likeness (QED) is 0.804. The minimum absolute atomic E-state index is 0. The van der Waals surface area contributed by atoms with E-state index in [0.717, 1.165) is 31.2 Å². The number of hydrogen-bond acceptors (Lipinski definition) is 3. The van der Waals surface area contributed by atoms with Gasteiger partial charge in [-0.25, -0.2) is 0 Å². The Labute approximate surface area is 125 Å². The third-order valence-electron chi connectivity index (χ3n) is 4.26. The van der Waals surface area contributed by atoms with Gasteiger partial charge in [-0.05, 0) is 36.5 Å². The predicted molar refractivity (Wildman–Crippen MR) is 77.7 cm³/mol. The van der Waals surface area contributed by atoms with Crippen LogP contribution < -0.4 is 0 Å². The molecule has 0 radical (unpaired) electrons. The minimum Gasteiger partial charge on any atom is -0.282 e. The number of aryl methyl sites for hydroxylation is 1. The molecule has 0 bridgehead atoms. The zero-order valence-corrected chi connectivity index (χ0v) is 12.4. The molecule has 4 nitrogen and oxygen atoms in total.